The number of aliphatic imine (C=N–C) groups is 1. The van der Waals surface area contributed by atoms with Crippen molar-refractivity contribution in [2.24, 2.45) is 4.99 Å². The lowest BCUT2D eigenvalue weighted by atomic mass is 9.99. The molecule has 0 saturated carbocycles. The summed E-state index contributed by atoms with van der Waals surface area (Å²) in [5, 5.41) is 38.8. The molecule has 1 aliphatic rings. The highest BCUT2D eigenvalue weighted by atomic mass is 32.1. The lowest BCUT2D eigenvalue weighted by Crippen LogP contribution is -2.57. The minimum atomic E-state index is -1.42. The Morgan fingerprint density at radius 3 is 2.36 bits per heavy atom. The first-order chi connectivity index (χ1) is 6.61. The quantitative estimate of drug-likeness (QED) is 0.314. The van der Waals surface area contributed by atoms with Gasteiger partial charge in [-0.3, -0.25) is 0 Å². The highest BCUT2D eigenvalue weighted by Gasteiger charge is 2.43. The summed E-state index contributed by atoms with van der Waals surface area (Å²) in [5.74, 6) is 0. The SMILES string of the molecule is OC[C@H]1O[C@@H](N=C=S)[C@H](O)[C@@H](O)[C@H]1O. The van der Waals surface area contributed by atoms with Gasteiger partial charge in [-0.05, 0) is 12.2 Å². The van der Waals surface area contributed by atoms with E-state index in [4.69, 9.17) is 9.84 Å². The Kier molecular flexibility index (Phi) is 4.09. The van der Waals surface area contributed by atoms with Crippen molar-refractivity contribution in [3.63, 3.8) is 0 Å². The predicted molar refractivity (Wildman–Crippen MR) is 48.8 cm³/mol. The number of rotatable bonds is 2. The van der Waals surface area contributed by atoms with E-state index in [1.165, 1.54) is 0 Å². The van der Waals surface area contributed by atoms with Crippen LogP contribution in [0.3, 0.4) is 0 Å². The fraction of sp³-hybridized carbons (Fsp3) is 0.857. The summed E-state index contributed by atoms with van der Waals surface area (Å²) in [6.45, 7) is -0.478. The van der Waals surface area contributed by atoms with Gasteiger partial charge in [-0.15, -0.1) is 0 Å². The Hall–Kier alpha value is -0.400. The predicted octanol–water partition coefficient (Wildman–Crippen LogP) is -2.11. The van der Waals surface area contributed by atoms with Gasteiger partial charge < -0.3 is 25.2 Å². The van der Waals surface area contributed by atoms with Crippen molar-refractivity contribution in [1.82, 2.24) is 0 Å². The van der Waals surface area contributed by atoms with Gasteiger partial charge >= 0.3 is 0 Å². The zero-order valence-electron chi connectivity index (χ0n) is 7.15. The zero-order chi connectivity index (χ0) is 10.7. The second-order valence-electron chi connectivity index (χ2n) is 2.94. The third-order valence-electron chi connectivity index (χ3n) is 2.05. The van der Waals surface area contributed by atoms with Crippen LogP contribution in [0.25, 0.3) is 0 Å². The van der Waals surface area contributed by atoms with Gasteiger partial charge in [-0.25, -0.2) is 0 Å². The molecule has 5 atom stereocenters. The Balaban J connectivity index is 2.77. The average Bonchev–Trinajstić information content (AvgIpc) is 2.19. The van der Waals surface area contributed by atoms with Crippen LogP contribution >= 0.6 is 12.2 Å². The summed E-state index contributed by atoms with van der Waals surface area (Å²) < 4.78 is 4.97. The van der Waals surface area contributed by atoms with Crippen LogP contribution in [0.2, 0.25) is 0 Å². The van der Waals surface area contributed by atoms with E-state index in [1.54, 1.807) is 0 Å². The molecule has 6 nitrogen and oxygen atoms in total. The maximum atomic E-state index is 9.36. The van der Waals surface area contributed by atoms with E-state index in [-0.39, 0.29) is 0 Å². The molecular weight excluding hydrogens is 210 g/mol. The number of aliphatic hydroxyl groups excluding tert-OH is 4. The van der Waals surface area contributed by atoms with Crippen LogP contribution in [-0.2, 0) is 4.74 Å². The Bertz CT molecular complexity index is 242. The smallest absolute Gasteiger partial charge is 0.186 e. The molecule has 7 heteroatoms. The maximum Gasteiger partial charge on any atom is 0.186 e. The number of ether oxygens (including phenoxy) is 1. The van der Waals surface area contributed by atoms with Crippen molar-refractivity contribution in [3.05, 3.63) is 0 Å². The minimum absolute atomic E-state index is 0.478. The Labute approximate surface area is 85.5 Å². The van der Waals surface area contributed by atoms with Gasteiger partial charge in [-0.2, -0.15) is 4.99 Å². The van der Waals surface area contributed by atoms with Gasteiger partial charge in [0.05, 0.1) is 11.8 Å². The molecule has 80 valence electrons. The van der Waals surface area contributed by atoms with Crippen LogP contribution in [0, 0.1) is 0 Å². The van der Waals surface area contributed by atoms with E-state index in [0.29, 0.717) is 0 Å². The number of aliphatic hydroxyl groups is 4. The summed E-state index contributed by atoms with van der Waals surface area (Å²) >= 11 is 4.31. The van der Waals surface area contributed by atoms with E-state index < -0.39 is 37.3 Å². The molecule has 0 aromatic heterocycles. The molecular formula is C7H11NO5S. The molecule has 0 radical (unpaired) electrons. The highest BCUT2D eigenvalue weighted by molar-refractivity contribution is 7.78. The number of nitrogens with zero attached hydrogens (tertiary/aromatic N) is 1. The summed E-state index contributed by atoms with van der Waals surface area (Å²) in [5.41, 5.74) is 0. The van der Waals surface area contributed by atoms with E-state index in [9.17, 15) is 15.3 Å². The van der Waals surface area contributed by atoms with Gasteiger partial charge in [0.1, 0.15) is 24.4 Å². The van der Waals surface area contributed by atoms with E-state index in [1.807, 2.05) is 5.16 Å². The van der Waals surface area contributed by atoms with Gasteiger partial charge in [0.2, 0.25) is 0 Å². The first-order valence-corrected chi connectivity index (χ1v) is 4.40. The average molecular weight is 221 g/mol. The standard InChI is InChI=1S/C7H11NO5S/c9-1-3-4(10)5(11)6(12)7(13-3)8-2-14/h3-7,9-12H,1H2/t3-,4+,5+,6-,7-/m1/s1. The Morgan fingerprint density at radius 2 is 1.86 bits per heavy atom. The van der Waals surface area contributed by atoms with E-state index in [2.05, 4.69) is 17.2 Å². The first-order valence-electron chi connectivity index (χ1n) is 3.99. The summed E-state index contributed by atoms with van der Waals surface area (Å²) in [6.07, 6.45) is -6.21. The largest absolute Gasteiger partial charge is 0.394 e. The van der Waals surface area contributed by atoms with Crippen molar-refractivity contribution in [2.45, 2.75) is 30.6 Å². The Morgan fingerprint density at radius 1 is 1.21 bits per heavy atom. The van der Waals surface area contributed by atoms with Gasteiger partial charge in [0.15, 0.2) is 6.23 Å². The van der Waals surface area contributed by atoms with Crippen molar-refractivity contribution in [3.8, 4) is 0 Å². The summed E-state index contributed by atoms with van der Waals surface area (Å²) in [6, 6.07) is 0. The zero-order valence-corrected chi connectivity index (χ0v) is 7.96. The van der Waals surface area contributed by atoms with Crippen molar-refractivity contribution < 1.29 is 25.2 Å². The van der Waals surface area contributed by atoms with Crippen molar-refractivity contribution in [1.29, 1.82) is 0 Å². The second kappa shape index (κ2) is 4.90. The molecule has 0 amide bonds. The van der Waals surface area contributed by atoms with Crippen LogP contribution in [-0.4, -0.2) is 62.8 Å². The molecule has 1 rings (SSSR count). The normalized spacial score (nSPS) is 43.0. The molecule has 0 unspecified atom stereocenters. The number of hydrogen-bond donors (Lipinski definition) is 4. The summed E-state index contributed by atoms with van der Waals surface area (Å²) in [4.78, 5) is 3.46. The fourth-order valence-corrected chi connectivity index (χ4v) is 1.34. The lowest BCUT2D eigenvalue weighted by Gasteiger charge is -2.37. The molecule has 1 saturated heterocycles. The van der Waals surface area contributed by atoms with Crippen LogP contribution < -0.4 is 0 Å². The number of thiocarbonyl (C=S) groups is 1. The monoisotopic (exact) mass is 221 g/mol. The molecule has 0 bridgehead atoms. The molecule has 4 N–H and O–H groups in total. The second-order valence-corrected chi connectivity index (χ2v) is 3.12. The van der Waals surface area contributed by atoms with Crippen LogP contribution in [0.5, 0.6) is 0 Å². The summed E-state index contributed by atoms with van der Waals surface area (Å²) in [7, 11) is 0. The molecule has 0 spiro atoms. The van der Waals surface area contributed by atoms with Crippen LogP contribution in [0.15, 0.2) is 4.99 Å². The van der Waals surface area contributed by atoms with Gasteiger partial charge in [0, 0.05) is 0 Å². The number of isothiocyanates is 1. The third kappa shape index (κ3) is 2.15. The molecule has 0 aliphatic carbocycles. The van der Waals surface area contributed by atoms with Crippen LogP contribution in [0.4, 0.5) is 0 Å². The number of hydrogen-bond acceptors (Lipinski definition) is 7. The molecule has 1 aliphatic heterocycles. The third-order valence-corrected chi connectivity index (χ3v) is 2.15. The minimum Gasteiger partial charge on any atom is -0.394 e. The van der Waals surface area contributed by atoms with Crippen molar-refractivity contribution in [2.75, 3.05) is 6.61 Å². The molecule has 1 heterocycles. The fourth-order valence-electron chi connectivity index (χ4n) is 1.24. The van der Waals surface area contributed by atoms with Gasteiger partial charge in [0.25, 0.3) is 0 Å². The van der Waals surface area contributed by atoms with Gasteiger partial charge in [-0.1, -0.05) is 0 Å². The van der Waals surface area contributed by atoms with Crippen LogP contribution in [0.1, 0.15) is 0 Å². The molecule has 1 fully saturated rings. The molecule has 0 aromatic carbocycles. The van der Waals surface area contributed by atoms with Crippen molar-refractivity contribution >= 4 is 17.4 Å². The topological polar surface area (TPSA) is 103 Å². The molecule has 0 aromatic rings. The molecule has 14 heavy (non-hydrogen) atoms. The van der Waals surface area contributed by atoms with E-state index >= 15 is 0 Å². The van der Waals surface area contributed by atoms with E-state index in [0.717, 1.165) is 0 Å². The highest BCUT2D eigenvalue weighted by Crippen LogP contribution is 2.21. The maximum absolute atomic E-state index is 9.36. The first kappa shape index (κ1) is 11.7. The lowest BCUT2D eigenvalue weighted by molar-refractivity contribution is -0.226.